The van der Waals surface area contributed by atoms with Crippen molar-refractivity contribution in [1.29, 1.82) is 0 Å². The number of furan rings is 1. The molecule has 0 saturated carbocycles. The number of hydrogen-bond donors (Lipinski definition) is 2. The molecule has 3 nitrogen and oxygen atoms in total. The molecule has 19 heavy (non-hydrogen) atoms. The minimum Gasteiger partial charge on any atom is -0.465 e. The van der Waals surface area contributed by atoms with Crippen molar-refractivity contribution in [3.63, 3.8) is 0 Å². The summed E-state index contributed by atoms with van der Waals surface area (Å²) < 4.78 is 5.63. The monoisotopic (exact) mass is 259 g/mol. The van der Waals surface area contributed by atoms with Gasteiger partial charge < -0.3 is 14.8 Å². The van der Waals surface area contributed by atoms with Gasteiger partial charge in [-0.1, -0.05) is 37.3 Å². The van der Waals surface area contributed by atoms with Crippen LogP contribution >= 0.6 is 0 Å². The lowest BCUT2D eigenvalue weighted by molar-refractivity contribution is 0.237. The molecule has 0 aliphatic carbocycles. The quantitative estimate of drug-likeness (QED) is 0.803. The van der Waals surface area contributed by atoms with Gasteiger partial charge in [-0.25, -0.2) is 0 Å². The van der Waals surface area contributed by atoms with Crippen LogP contribution in [0.1, 0.15) is 24.0 Å². The first kappa shape index (κ1) is 13.8. The number of aliphatic hydroxyl groups excluding tert-OH is 1. The molecule has 2 N–H and O–H groups in total. The molecule has 0 radical (unpaired) electrons. The van der Waals surface area contributed by atoms with Crippen molar-refractivity contribution in [1.82, 2.24) is 5.32 Å². The van der Waals surface area contributed by atoms with Crippen LogP contribution in [-0.4, -0.2) is 17.8 Å². The van der Waals surface area contributed by atoms with Gasteiger partial charge in [-0.05, 0) is 24.1 Å². The zero-order chi connectivity index (χ0) is 13.5. The highest BCUT2D eigenvalue weighted by molar-refractivity contribution is 5.16. The van der Waals surface area contributed by atoms with E-state index in [4.69, 9.17) is 4.42 Å². The van der Waals surface area contributed by atoms with Gasteiger partial charge in [0.25, 0.3) is 0 Å². The summed E-state index contributed by atoms with van der Waals surface area (Å²) in [5, 5.41) is 12.8. The SMILES string of the molecule is CCc1ccc(CNC(CO)Cc2ccccc2)o1. The maximum Gasteiger partial charge on any atom is 0.117 e. The molecule has 2 rings (SSSR count). The van der Waals surface area contributed by atoms with E-state index in [1.165, 1.54) is 5.56 Å². The average molecular weight is 259 g/mol. The summed E-state index contributed by atoms with van der Waals surface area (Å²) in [5.74, 6) is 1.92. The van der Waals surface area contributed by atoms with Gasteiger partial charge in [-0.15, -0.1) is 0 Å². The molecular formula is C16H21NO2. The number of nitrogens with one attached hydrogen (secondary N) is 1. The molecule has 0 saturated heterocycles. The maximum atomic E-state index is 9.42. The summed E-state index contributed by atoms with van der Waals surface area (Å²) in [5.41, 5.74) is 1.22. The fourth-order valence-corrected chi connectivity index (χ4v) is 2.05. The first-order valence-corrected chi connectivity index (χ1v) is 6.77. The molecule has 1 aromatic heterocycles. The highest BCUT2D eigenvalue weighted by Gasteiger charge is 2.09. The van der Waals surface area contributed by atoms with Crippen molar-refractivity contribution in [2.24, 2.45) is 0 Å². The maximum absolute atomic E-state index is 9.42. The Balaban J connectivity index is 1.85. The lowest BCUT2D eigenvalue weighted by Crippen LogP contribution is -2.33. The van der Waals surface area contributed by atoms with Crippen molar-refractivity contribution >= 4 is 0 Å². The zero-order valence-electron chi connectivity index (χ0n) is 11.3. The summed E-state index contributed by atoms with van der Waals surface area (Å²) in [4.78, 5) is 0. The molecule has 1 heterocycles. The number of hydrogen-bond acceptors (Lipinski definition) is 3. The van der Waals surface area contributed by atoms with Crippen molar-refractivity contribution in [3.05, 3.63) is 59.5 Å². The molecule has 0 spiro atoms. The van der Waals surface area contributed by atoms with E-state index in [1.54, 1.807) is 0 Å². The lowest BCUT2D eigenvalue weighted by Gasteiger charge is -2.15. The van der Waals surface area contributed by atoms with Gasteiger partial charge in [-0.3, -0.25) is 0 Å². The number of aryl methyl sites for hydroxylation is 1. The van der Waals surface area contributed by atoms with Crippen molar-refractivity contribution in [3.8, 4) is 0 Å². The van der Waals surface area contributed by atoms with Crippen molar-refractivity contribution in [2.45, 2.75) is 32.4 Å². The van der Waals surface area contributed by atoms with Crippen LogP contribution in [0.2, 0.25) is 0 Å². The Morgan fingerprint density at radius 1 is 1.11 bits per heavy atom. The molecular weight excluding hydrogens is 238 g/mol. The second kappa shape index (κ2) is 7.12. The molecule has 2 aromatic rings. The van der Waals surface area contributed by atoms with Crippen molar-refractivity contribution < 1.29 is 9.52 Å². The van der Waals surface area contributed by atoms with Gasteiger partial charge in [0.1, 0.15) is 11.5 Å². The molecule has 102 valence electrons. The van der Waals surface area contributed by atoms with Crippen LogP contribution in [0.25, 0.3) is 0 Å². The minimum absolute atomic E-state index is 0.0533. The zero-order valence-corrected chi connectivity index (χ0v) is 11.3. The van der Waals surface area contributed by atoms with E-state index in [0.717, 1.165) is 24.4 Å². The number of rotatable bonds is 7. The largest absolute Gasteiger partial charge is 0.465 e. The predicted molar refractivity (Wildman–Crippen MR) is 75.9 cm³/mol. The molecule has 0 amide bonds. The second-order valence-corrected chi connectivity index (χ2v) is 4.67. The van der Waals surface area contributed by atoms with Gasteiger partial charge in [-0.2, -0.15) is 0 Å². The van der Waals surface area contributed by atoms with Gasteiger partial charge >= 0.3 is 0 Å². The van der Waals surface area contributed by atoms with Gasteiger partial charge in [0.15, 0.2) is 0 Å². The van der Waals surface area contributed by atoms with E-state index >= 15 is 0 Å². The Morgan fingerprint density at radius 2 is 1.84 bits per heavy atom. The van der Waals surface area contributed by atoms with Gasteiger partial charge in [0.2, 0.25) is 0 Å². The molecule has 0 bridgehead atoms. The summed E-state index contributed by atoms with van der Waals surface area (Å²) in [6.45, 7) is 2.84. The second-order valence-electron chi connectivity index (χ2n) is 4.67. The van der Waals surface area contributed by atoms with Crippen LogP contribution in [0.5, 0.6) is 0 Å². The van der Waals surface area contributed by atoms with Crippen LogP contribution in [0.4, 0.5) is 0 Å². The molecule has 0 fully saturated rings. The summed E-state index contributed by atoms with van der Waals surface area (Å²) in [7, 11) is 0. The Hall–Kier alpha value is -1.58. The van der Waals surface area contributed by atoms with E-state index < -0.39 is 0 Å². The fraction of sp³-hybridized carbons (Fsp3) is 0.375. The molecule has 0 aliphatic rings. The smallest absolute Gasteiger partial charge is 0.117 e. The van der Waals surface area contributed by atoms with Crippen LogP contribution in [0.15, 0.2) is 46.9 Å². The Kier molecular flexibility index (Phi) is 5.19. The summed E-state index contributed by atoms with van der Waals surface area (Å²) >= 11 is 0. The van der Waals surface area contributed by atoms with Crippen LogP contribution in [0, 0.1) is 0 Å². The summed E-state index contributed by atoms with van der Waals surface area (Å²) in [6, 6.07) is 14.2. The molecule has 1 atom stereocenters. The van der Waals surface area contributed by atoms with Gasteiger partial charge in [0.05, 0.1) is 13.2 Å². The molecule has 1 aromatic carbocycles. The first-order chi connectivity index (χ1) is 9.31. The Labute approximate surface area is 114 Å². The average Bonchev–Trinajstić information content (AvgIpc) is 2.92. The standard InChI is InChI=1S/C16H21NO2/c1-2-15-8-9-16(19-15)11-17-14(12-18)10-13-6-4-3-5-7-13/h3-9,14,17-18H,2,10-12H2,1H3. The van der Waals surface area contributed by atoms with Crippen LogP contribution in [0.3, 0.4) is 0 Å². The lowest BCUT2D eigenvalue weighted by atomic mass is 10.1. The third kappa shape index (κ3) is 4.23. The Bertz CT molecular complexity index is 479. The first-order valence-electron chi connectivity index (χ1n) is 6.77. The predicted octanol–water partition coefficient (Wildman–Crippen LogP) is 2.54. The molecule has 0 aliphatic heterocycles. The van der Waals surface area contributed by atoms with Crippen LogP contribution < -0.4 is 5.32 Å². The molecule has 1 unspecified atom stereocenters. The highest BCUT2D eigenvalue weighted by atomic mass is 16.3. The third-order valence-electron chi connectivity index (χ3n) is 3.18. The van der Waals surface area contributed by atoms with E-state index in [1.807, 2.05) is 30.3 Å². The fourth-order valence-electron chi connectivity index (χ4n) is 2.05. The number of benzene rings is 1. The third-order valence-corrected chi connectivity index (χ3v) is 3.18. The Morgan fingerprint density at radius 3 is 2.47 bits per heavy atom. The van der Waals surface area contributed by atoms with E-state index in [2.05, 4.69) is 24.4 Å². The molecule has 3 heteroatoms. The number of aliphatic hydroxyl groups is 1. The normalized spacial score (nSPS) is 12.5. The summed E-state index contributed by atoms with van der Waals surface area (Å²) in [6.07, 6.45) is 1.73. The van der Waals surface area contributed by atoms with Crippen LogP contribution in [-0.2, 0) is 19.4 Å². The van der Waals surface area contributed by atoms with E-state index in [0.29, 0.717) is 6.54 Å². The van der Waals surface area contributed by atoms with Crippen molar-refractivity contribution in [2.75, 3.05) is 6.61 Å². The minimum atomic E-state index is 0.0533. The van der Waals surface area contributed by atoms with E-state index in [9.17, 15) is 5.11 Å². The van der Waals surface area contributed by atoms with Gasteiger partial charge in [0, 0.05) is 12.5 Å². The topological polar surface area (TPSA) is 45.4 Å². The highest BCUT2D eigenvalue weighted by Crippen LogP contribution is 2.09. The van der Waals surface area contributed by atoms with E-state index in [-0.39, 0.29) is 12.6 Å².